The Kier molecular flexibility index (Phi) is 16.5. The van der Waals surface area contributed by atoms with E-state index in [1.54, 1.807) is 13.2 Å². The lowest BCUT2D eigenvalue weighted by Gasteiger charge is -2.51. The number of benzene rings is 2. The van der Waals surface area contributed by atoms with Crippen molar-refractivity contribution >= 4 is 51.7 Å². The molecular weight excluding hydrogens is 781 g/mol. The molecule has 16 nitrogen and oxygen atoms in total. The van der Waals surface area contributed by atoms with Crippen molar-refractivity contribution in [1.82, 2.24) is 0 Å². The maximum atomic E-state index is 12.1. The summed E-state index contributed by atoms with van der Waals surface area (Å²) >= 11 is 0. The Morgan fingerprint density at radius 2 is 1.31 bits per heavy atom. The van der Waals surface area contributed by atoms with Crippen LogP contribution >= 0.6 is 0 Å². The standard InChI is InChI=1S/C40H66N6O10Si2/c1-23(2)57(24(3)4)53-22-33-36(55-58(56-57,25(5)6)26(7)8)37(40(50-10)54-33)52-17-13-16-51-32-21-28(39(44)48)19-30(42)35(32)46-15-12-11-14-45-34-29(41)18-27(38(43)47)20-31(34)49-9/h11-12,18-21,23-26,33,36-37,40,45-46H,13-17,22,41-42H2,1-10H3,(H2,43,47)(H2,44,48)/b12-11+/t33-,36-,37-,40-/m1/s1. The molecule has 0 radical (unpaired) electrons. The van der Waals surface area contributed by atoms with Crippen LogP contribution in [0.3, 0.4) is 0 Å². The second-order valence-electron chi connectivity index (χ2n) is 15.9. The molecule has 0 aromatic heterocycles. The third kappa shape index (κ3) is 10.5. The van der Waals surface area contributed by atoms with E-state index in [0.29, 0.717) is 67.0 Å². The predicted octanol–water partition coefficient (Wildman–Crippen LogP) is 5.62. The second-order valence-corrected chi connectivity index (χ2v) is 24.8. The summed E-state index contributed by atoms with van der Waals surface area (Å²) in [6.45, 7) is 19.1. The number of amides is 2. The third-order valence-corrected chi connectivity index (χ3v) is 21.0. The summed E-state index contributed by atoms with van der Waals surface area (Å²) in [5.74, 6) is -0.466. The van der Waals surface area contributed by atoms with Crippen LogP contribution in [0, 0.1) is 0 Å². The van der Waals surface area contributed by atoms with Crippen LogP contribution in [0.2, 0.25) is 22.2 Å². The van der Waals surface area contributed by atoms with E-state index < -0.39 is 53.5 Å². The Balaban J connectivity index is 1.41. The molecule has 4 atom stereocenters. The van der Waals surface area contributed by atoms with E-state index >= 15 is 0 Å². The zero-order valence-electron chi connectivity index (χ0n) is 35.7. The first-order valence-electron chi connectivity index (χ1n) is 20.0. The summed E-state index contributed by atoms with van der Waals surface area (Å²) in [5.41, 5.74) is 26.4. The van der Waals surface area contributed by atoms with E-state index in [9.17, 15) is 9.59 Å². The zero-order chi connectivity index (χ0) is 42.9. The van der Waals surface area contributed by atoms with Crippen molar-refractivity contribution in [1.29, 1.82) is 0 Å². The number of primary amides is 2. The van der Waals surface area contributed by atoms with E-state index in [2.05, 4.69) is 66.0 Å². The first-order chi connectivity index (χ1) is 27.4. The fraction of sp³-hybridized carbons (Fsp3) is 0.600. The van der Waals surface area contributed by atoms with Crippen LogP contribution < -0.4 is 43.0 Å². The first-order valence-corrected chi connectivity index (χ1v) is 23.9. The number of hydrogen-bond acceptors (Lipinski definition) is 14. The van der Waals surface area contributed by atoms with Crippen molar-refractivity contribution in [2.24, 2.45) is 11.5 Å². The zero-order valence-corrected chi connectivity index (χ0v) is 37.7. The van der Waals surface area contributed by atoms with Crippen molar-refractivity contribution < 1.29 is 46.2 Å². The highest BCUT2D eigenvalue weighted by molar-refractivity contribution is 6.84. The normalized spacial score (nSPS) is 21.6. The number of fused-ring (bicyclic) bond motifs is 1. The van der Waals surface area contributed by atoms with Crippen LogP contribution in [0.1, 0.15) is 82.5 Å². The molecule has 0 bridgehead atoms. The van der Waals surface area contributed by atoms with Gasteiger partial charge in [0.15, 0.2) is 6.29 Å². The molecule has 58 heavy (non-hydrogen) atoms. The van der Waals surface area contributed by atoms with Crippen LogP contribution in [-0.2, 0) is 27.2 Å². The number of methoxy groups -OCH3 is 2. The predicted molar refractivity (Wildman–Crippen MR) is 231 cm³/mol. The first kappa shape index (κ1) is 46.8. The lowest BCUT2D eigenvalue weighted by molar-refractivity contribution is -0.165. The van der Waals surface area contributed by atoms with Gasteiger partial charge in [0, 0.05) is 37.7 Å². The van der Waals surface area contributed by atoms with Gasteiger partial charge in [-0.3, -0.25) is 9.59 Å². The van der Waals surface area contributed by atoms with Crippen LogP contribution in [0.25, 0.3) is 0 Å². The maximum absolute atomic E-state index is 12.1. The van der Waals surface area contributed by atoms with Gasteiger partial charge >= 0.3 is 17.1 Å². The van der Waals surface area contributed by atoms with E-state index in [0.717, 1.165) is 0 Å². The molecule has 2 saturated heterocycles. The van der Waals surface area contributed by atoms with Gasteiger partial charge in [0.2, 0.25) is 11.8 Å². The smallest absolute Gasteiger partial charge is 0.335 e. The molecule has 0 saturated carbocycles. The third-order valence-electron chi connectivity index (χ3n) is 10.7. The Hall–Kier alpha value is -3.89. The van der Waals surface area contributed by atoms with Gasteiger partial charge < -0.3 is 70.2 Å². The number of ether oxygens (including phenoxy) is 5. The molecule has 2 aliphatic heterocycles. The van der Waals surface area contributed by atoms with Crippen LogP contribution in [0.5, 0.6) is 11.5 Å². The second kappa shape index (κ2) is 20.4. The summed E-state index contributed by atoms with van der Waals surface area (Å²) in [6.07, 6.45) is 2.21. The average molecular weight is 847 g/mol. The minimum atomic E-state index is -2.91. The molecule has 2 aromatic rings. The number of nitrogen functional groups attached to an aromatic ring is 2. The lowest BCUT2D eigenvalue weighted by atomic mass is 10.1. The summed E-state index contributed by atoms with van der Waals surface area (Å²) in [7, 11) is -2.56. The molecule has 18 heteroatoms. The summed E-state index contributed by atoms with van der Waals surface area (Å²) in [4.78, 5) is 23.7. The molecule has 2 heterocycles. The van der Waals surface area contributed by atoms with Gasteiger partial charge in [0.1, 0.15) is 41.2 Å². The number of hydrogen-bond donors (Lipinski definition) is 6. The van der Waals surface area contributed by atoms with Crippen molar-refractivity contribution in [3.05, 3.63) is 47.5 Å². The minimum Gasteiger partial charge on any atom is -0.494 e. The van der Waals surface area contributed by atoms with E-state index in [1.165, 1.54) is 25.3 Å². The molecule has 0 aliphatic carbocycles. The number of nitrogens with two attached hydrogens (primary N) is 4. The van der Waals surface area contributed by atoms with E-state index in [4.69, 9.17) is 59.6 Å². The maximum Gasteiger partial charge on any atom is 0.335 e. The van der Waals surface area contributed by atoms with Crippen molar-refractivity contribution in [2.75, 3.05) is 69.2 Å². The highest BCUT2D eigenvalue weighted by atomic mass is 28.5. The molecule has 2 amide bonds. The Labute approximate surface area is 345 Å². The number of anilines is 4. The molecular formula is C40H66N6O10Si2. The Bertz CT molecular complexity index is 1730. The highest BCUT2D eigenvalue weighted by Crippen LogP contribution is 2.48. The summed E-state index contributed by atoms with van der Waals surface area (Å²) in [5, 5.41) is 6.46. The van der Waals surface area contributed by atoms with Gasteiger partial charge in [-0.25, -0.2) is 0 Å². The molecule has 2 fully saturated rings. The number of rotatable bonds is 20. The number of carbonyl (C=O) groups is 2. The average Bonchev–Trinajstić information content (AvgIpc) is 3.47. The molecule has 0 unspecified atom stereocenters. The van der Waals surface area contributed by atoms with Crippen LogP contribution in [-0.4, -0.2) is 101 Å². The topological polar surface area (TPSA) is 236 Å². The van der Waals surface area contributed by atoms with Crippen molar-refractivity contribution in [2.45, 2.75) is 109 Å². The van der Waals surface area contributed by atoms with Gasteiger partial charge in [-0.2, -0.15) is 0 Å². The fourth-order valence-electron chi connectivity index (χ4n) is 7.63. The molecule has 324 valence electrons. The fourth-order valence-corrected chi connectivity index (χ4v) is 18.8. The largest absolute Gasteiger partial charge is 0.494 e. The Morgan fingerprint density at radius 1 is 0.793 bits per heavy atom. The summed E-state index contributed by atoms with van der Waals surface area (Å²) in [6, 6.07) is 6.09. The van der Waals surface area contributed by atoms with Crippen molar-refractivity contribution in [3.8, 4) is 11.5 Å². The lowest BCUT2D eigenvalue weighted by Crippen LogP contribution is -2.66. The van der Waals surface area contributed by atoms with Gasteiger partial charge in [0.25, 0.3) is 0 Å². The molecule has 2 aliphatic rings. The van der Waals surface area contributed by atoms with E-state index in [1.807, 2.05) is 12.2 Å². The van der Waals surface area contributed by atoms with Crippen LogP contribution in [0.15, 0.2) is 36.4 Å². The van der Waals surface area contributed by atoms with Crippen molar-refractivity contribution in [3.63, 3.8) is 0 Å². The molecule has 0 spiro atoms. The molecule has 2 aromatic carbocycles. The van der Waals surface area contributed by atoms with E-state index in [-0.39, 0.29) is 39.9 Å². The quantitative estimate of drug-likeness (QED) is 0.0411. The van der Waals surface area contributed by atoms with Gasteiger partial charge in [-0.05, 0) is 46.4 Å². The number of carbonyl (C=O) groups excluding carboxylic acids is 2. The molecule has 4 rings (SSSR count). The minimum absolute atomic E-state index is 0.144. The van der Waals surface area contributed by atoms with Crippen LogP contribution in [0.4, 0.5) is 22.7 Å². The van der Waals surface area contributed by atoms with Gasteiger partial charge in [-0.15, -0.1) is 0 Å². The highest BCUT2D eigenvalue weighted by Gasteiger charge is 2.62. The van der Waals surface area contributed by atoms with Gasteiger partial charge in [0.05, 0.1) is 38.3 Å². The number of nitrogens with one attached hydrogen (secondary N) is 2. The monoisotopic (exact) mass is 846 g/mol. The summed E-state index contributed by atoms with van der Waals surface area (Å²) < 4.78 is 51.8. The Morgan fingerprint density at radius 3 is 1.79 bits per heavy atom. The SMILES string of the molecule is COc1cc(C(N)=O)cc(N)c1NC/C=C/CNc1c(N)cc(C(N)=O)cc1OCCCO[C@H]1[C@H](OC)O[C@@H]2CO[Si](C(C)C)(C(C)C)O[Si](C(C)C)(C(C)C)O[C@@H]12. The molecule has 10 N–H and O–H groups in total. The van der Waals surface area contributed by atoms with Gasteiger partial charge in [-0.1, -0.05) is 67.5 Å².